The lowest BCUT2D eigenvalue weighted by molar-refractivity contribution is -0.147. The van der Waals surface area contributed by atoms with E-state index in [-0.39, 0.29) is 17.4 Å². The van der Waals surface area contributed by atoms with E-state index in [0.29, 0.717) is 10.1 Å². The Labute approximate surface area is 127 Å². The zero-order chi connectivity index (χ0) is 16.6. The van der Waals surface area contributed by atoms with Gasteiger partial charge in [-0.15, -0.1) is 0 Å². The number of hydrogen-bond donors (Lipinski definition) is 0. The van der Waals surface area contributed by atoms with Crippen molar-refractivity contribution < 1.29 is 17.6 Å². The molecule has 0 radical (unpaired) electrons. The van der Waals surface area contributed by atoms with Gasteiger partial charge in [0, 0.05) is 0 Å². The molecule has 2 aromatic carbocycles. The van der Waals surface area contributed by atoms with Gasteiger partial charge in [0.15, 0.2) is 0 Å². The molecule has 3 aromatic rings. The first kappa shape index (κ1) is 15.2. The number of hydrogen-bond acceptors (Lipinski definition) is 2. The van der Waals surface area contributed by atoms with Crippen LogP contribution in [0.15, 0.2) is 53.3 Å². The average Bonchev–Trinajstić information content (AvgIpc) is 2.51. The normalized spacial score (nSPS) is 11.8. The molecule has 0 aliphatic carbocycles. The monoisotopic (exact) mass is 322 g/mol. The number of fused-ring (bicyclic) bond motifs is 1. The largest absolute Gasteiger partial charge is 0.449 e. The summed E-state index contributed by atoms with van der Waals surface area (Å²) < 4.78 is 53.2. The summed E-state index contributed by atoms with van der Waals surface area (Å²) in [5.41, 5.74) is -0.427. The molecule has 0 N–H and O–H groups in total. The predicted octanol–water partition coefficient (Wildman–Crippen LogP) is 3.60. The number of rotatable bonds is 2. The van der Waals surface area contributed by atoms with E-state index in [1.807, 2.05) is 0 Å². The van der Waals surface area contributed by atoms with Crippen molar-refractivity contribution in [2.45, 2.75) is 12.7 Å². The molecule has 0 atom stereocenters. The number of alkyl halides is 3. The van der Waals surface area contributed by atoms with E-state index in [1.165, 1.54) is 30.3 Å². The summed E-state index contributed by atoms with van der Waals surface area (Å²) in [6, 6.07) is 10.8. The molecule has 3 rings (SSSR count). The summed E-state index contributed by atoms with van der Waals surface area (Å²) in [6.45, 7) is -0.341. The van der Waals surface area contributed by atoms with Crippen LogP contribution in [0.25, 0.3) is 10.9 Å². The molecule has 0 fully saturated rings. The van der Waals surface area contributed by atoms with Crippen LogP contribution in [0.5, 0.6) is 0 Å². The topological polar surface area (TPSA) is 34.9 Å². The van der Waals surface area contributed by atoms with Crippen molar-refractivity contribution in [3.8, 4) is 0 Å². The van der Waals surface area contributed by atoms with E-state index in [2.05, 4.69) is 4.98 Å². The third-order valence-electron chi connectivity index (χ3n) is 3.37. The van der Waals surface area contributed by atoms with Crippen LogP contribution in [-0.2, 0) is 12.7 Å². The number of nitrogens with zero attached hydrogens (tertiary/aromatic N) is 2. The Hall–Kier alpha value is -2.70. The van der Waals surface area contributed by atoms with Crippen LogP contribution in [0.3, 0.4) is 0 Å². The summed E-state index contributed by atoms with van der Waals surface area (Å²) in [4.78, 5) is 16.0. The lowest BCUT2D eigenvalue weighted by atomic mass is 10.2. The van der Waals surface area contributed by atoms with E-state index < -0.39 is 23.4 Å². The molecular weight excluding hydrogens is 312 g/mol. The molecule has 23 heavy (non-hydrogen) atoms. The number of benzene rings is 2. The fourth-order valence-electron chi connectivity index (χ4n) is 2.30. The van der Waals surface area contributed by atoms with Gasteiger partial charge in [-0.25, -0.2) is 9.37 Å². The van der Waals surface area contributed by atoms with Gasteiger partial charge in [-0.05, 0) is 29.8 Å². The maximum Gasteiger partial charge on any atom is 0.449 e. The summed E-state index contributed by atoms with van der Waals surface area (Å²) in [5, 5.41) is 0.0996. The second-order valence-electron chi connectivity index (χ2n) is 4.97. The second kappa shape index (κ2) is 5.49. The minimum Gasteiger partial charge on any atom is -0.284 e. The molecule has 0 saturated carbocycles. The van der Waals surface area contributed by atoms with E-state index in [9.17, 15) is 22.4 Å². The summed E-state index contributed by atoms with van der Waals surface area (Å²) in [7, 11) is 0. The molecule has 0 aliphatic heterocycles. The molecule has 3 nitrogen and oxygen atoms in total. The van der Waals surface area contributed by atoms with Crippen LogP contribution in [0.1, 0.15) is 11.4 Å². The van der Waals surface area contributed by atoms with Crippen molar-refractivity contribution in [3.63, 3.8) is 0 Å². The highest BCUT2D eigenvalue weighted by atomic mass is 19.4. The van der Waals surface area contributed by atoms with E-state index >= 15 is 0 Å². The SMILES string of the molecule is O=c1c2ccccc2nc(C(F)(F)F)n1Cc1ccc(F)cc1. The molecule has 1 aromatic heterocycles. The van der Waals surface area contributed by atoms with Gasteiger partial charge in [0.25, 0.3) is 5.56 Å². The maximum absolute atomic E-state index is 13.2. The quantitative estimate of drug-likeness (QED) is 0.676. The van der Waals surface area contributed by atoms with Gasteiger partial charge < -0.3 is 0 Å². The van der Waals surface area contributed by atoms with Crippen LogP contribution in [0.2, 0.25) is 0 Å². The Morgan fingerprint density at radius 2 is 1.65 bits per heavy atom. The molecule has 0 spiro atoms. The predicted molar refractivity (Wildman–Crippen MR) is 76.5 cm³/mol. The van der Waals surface area contributed by atoms with Gasteiger partial charge in [-0.3, -0.25) is 9.36 Å². The van der Waals surface area contributed by atoms with Gasteiger partial charge in [-0.2, -0.15) is 13.2 Å². The van der Waals surface area contributed by atoms with Gasteiger partial charge in [0.05, 0.1) is 17.4 Å². The molecular formula is C16H10F4N2O. The molecule has 1 heterocycles. The van der Waals surface area contributed by atoms with Crippen LogP contribution < -0.4 is 5.56 Å². The third kappa shape index (κ3) is 2.94. The Kier molecular flexibility index (Phi) is 3.63. The smallest absolute Gasteiger partial charge is 0.284 e. The highest BCUT2D eigenvalue weighted by molar-refractivity contribution is 5.77. The second-order valence-corrected chi connectivity index (χ2v) is 4.97. The van der Waals surface area contributed by atoms with E-state index in [4.69, 9.17) is 0 Å². The first-order valence-electron chi connectivity index (χ1n) is 6.67. The van der Waals surface area contributed by atoms with E-state index in [1.54, 1.807) is 6.07 Å². The highest BCUT2D eigenvalue weighted by Crippen LogP contribution is 2.28. The zero-order valence-electron chi connectivity index (χ0n) is 11.6. The average molecular weight is 322 g/mol. The van der Waals surface area contributed by atoms with Crippen molar-refractivity contribution >= 4 is 10.9 Å². The third-order valence-corrected chi connectivity index (χ3v) is 3.37. The first-order chi connectivity index (χ1) is 10.9. The lowest BCUT2D eigenvalue weighted by Crippen LogP contribution is -2.30. The molecule has 0 saturated heterocycles. The Morgan fingerprint density at radius 3 is 2.30 bits per heavy atom. The van der Waals surface area contributed by atoms with Crippen LogP contribution in [0.4, 0.5) is 17.6 Å². The molecule has 0 amide bonds. The van der Waals surface area contributed by atoms with E-state index in [0.717, 1.165) is 12.1 Å². The molecule has 118 valence electrons. The van der Waals surface area contributed by atoms with Crippen molar-refractivity contribution in [2.24, 2.45) is 0 Å². The van der Waals surface area contributed by atoms with Crippen molar-refractivity contribution in [3.05, 3.63) is 76.1 Å². The van der Waals surface area contributed by atoms with Gasteiger partial charge in [-0.1, -0.05) is 24.3 Å². The van der Waals surface area contributed by atoms with Crippen molar-refractivity contribution in [1.29, 1.82) is 0 Å². The molecule has 0 bridgehead atoms. The van der Waals surface area contributed by atoms with Crippen molar-refractivity contribution in [2.75, 3.05) is 0 Å². The molecule has 0 aliphatic rings. The summed E-state index contributed by atoms with van der Waals surface area (Å²) >= 11 is 0. The Balaban J connectivity index is 2.22. The highest BCUT2D eigenvalue weighted by Gasteiger charge is 2.37. The standard InChI is InChI=1S/C16H10F4N2O/c17-11-7-5-10(6-8-11)9-22-14(23)12-3-1-2-4-13(12)21-15(22)16(18,19)20/h1-8H,9H2. The minimum absolute atomic E-state index is 0.0137. The molecule has 7 heteroatoms. The summed E-state index contributed by atoms with van der Waals surface area (Å²) in [6.07, 6.45) is -4.77. The maximum atomic E-state index is 13.2. The summed E-state index contributed by atoms with van der Waals surface area (Å²) in [5.74, 6) is -1.78. The Morgan fingerprint density at radius 1 is 1.00 bits per heavy atom. The Bertz CT molecular complexity index is 914. The fraction of sp³-hybridized carbons (Fsp3) is 0.125. The molecule has 0 unspecified atom stereocenters. The van der Waals surface area contributed by atoms with Crippen molar-refractivity contribution in [1.82, 2.24) is 9.55 Å². The van der Waals surface area contributed by atoms with Gasteiger partial charge >= 0.3 is 6.18 Å². The fourth-order valence-corrected chi connectivity index (χ4v) is 2.30. The lowest BCUT2D eigenvalue weighted by Gasteiger charge is -2.15. The first-order valence-corrected chi connectivity index (χ1v) is 6.67. The number of aromatic nitrogens is 2. The van der Waals surface area contributed by atoms with Crippen LogP contribution >= 0.6 is 0 Å². The van der Waals surface area contributed by atoms with Crippen LogP contribution in [0, 0.1) is 5.82 Å². The number of halogens is 4. The zero-order valence-corrected chi connectivity index (χ0v) is 11.6. The van der Waals surface area contributed by atoms with Gasteiger partial charge in [0.1, 0.15) is 5.82 Å². The minimum atomic E-state index is -4.77. The van der Waals surface area contributed by atoms with Gasteiger partial charge in [0.2, 0.25) is 5.82 Å². The van der Waals surface area contributed by atoms with Crippen LogP contribution in [-0.4, -0.2) is 9.55 Å². The number of para-hydroxylation sites is 1.